The van der Waals surface area contributed by atoms with Crippen LogP contribution in [0.5, 0.6) is 0 Å². The second kappa shape index (κ2) is 5.05. The third kappa shape index (κ3) is 2.49. The lowest BCUT2D eigenvalue weighted by Gasteiger charge is -2.03. The maximum absolute atomic E-state index is 10.5. The minimum Gasteiger partial charge on any atom is -0.260 e. The highest BCUT2D eigenvalue weighted by Crippen LogP contribution is 2.23. The van der Waals surface area contributed by atoms with Crippen molar-refractivity contribution < 1.29 is 4.92 Å². The molecular weight excluding hydrogens is 232 g/mol. The van der Waals surface area contributed by atoms with E-state index >= 15 is 0 Å². The molecule has 0 aliphatic rings. The predicted octanol–water partition coefficient (Wildman–Crippen LogP) is 3.62. The first-order chi connectivity index (χ1) is 8.70. The van der Waals surface area contributed by atoms with Crippen molar-refractivity contribution in [2.75, 3.05) is 5.43 Å². The van der Waals surface area contributed by atoms with Gasteiger partial charge in [0.05, 0.1) is 10.6 Å². The highest BCUT2D eigenvalue weighted by Gasteiger charge is 2.04. The van der Waals surface area contributed by atoms with Crippen molar-refractivity contribution in [1.82, 2.24) is 0 Å². The van der Waals surface area contributed by atoms with Crippen LogP contribution in [-0.2, 0) is 0 Å². The van der Waals surface area contributed by atoms with Gasteiger partial charge in [0.1, 0.15) is 0 Å². The van der Waals surface area contributed by atoms with Gasteiger partial charge in [-0.3, -0.25) is 15.5 Å². The molecule has 0 bridgehead atoms. The van der Waals surface area contributed by atoms with Crippen molar-refractivity contribution in [3.05, 3.63) is 58.6 Å². The number of rotatable bonds is 4. The normalized spacial score (nSPS) is 9.78. The fourth-order valence-corrected chi connectivity index (χ4v) is 1.58. The van der Waals surface area contributed by atoms with Crippen molar-refractivity contribution in [2.24, 2.45) is 5.22 Å². The number of non-ortho nitro benzene ring substituents is 1. The van der Waals surface area contributed by atoms with E-state index in [1.54, 1.807) is 24.3 Å². The molecule has 0 heterocycles. The van der Waals surface area contributed by atoms with Crippen molar-refractivity contribution in [1.29, 1.82) is 5.53 Å². The van der Waals surface area contributed by atoms with Crippen LogP contribution in [0.15, 0.2) is 53.8 Å². The van der Waals surface area contributed by atoms with Crippen molar-refractivity contribution >= 4 is 11.4 Å². The van der Waals surface area contributed by atoms with Crippen LogP contribution in [0.2, 0.25) is 0 Å². The number of anilines is 1. The average Bonchev–Trinajstić information content (AvgIpc) is 2.40. The Morgan fingerprint density at radius 2 is 1.50 bits per heavy atom. The number of nitrogens with zero attached hydrogens (tertiary/aromatic N) is 2. The van der Waals surface area contributed by atoms with E-state index in [-0.39, 0.29) is 5.69 Å². The van der Waals surface area contributed by atoms with E-state index < -0.39 is 4.92 Å². The summed E-state index contributed by atoms with van der Waals surface area (Å²) in [4.78, 5) is 10.1. The first kappa shape index (κ1) is 11.7. The van der Waals surface area contributed by atoms with E-state index in [0.717, 1.165) is 16.8 Å². The number of hydrogen-bond donors (Lipinski definition) is 2. The average molecular weight is 242 g/mol. The van der Waals surface area contributed by atoms with Crippen molar-refractivity contribution in [3.63, 3.8) is 0 Å². The van der Waals surface area contributed by atoms with Gasteiger partial charge in [0.15, 0.2) is 0 Å². The van der Waals surface area contributed by atoms with Crippen LogP contribution in [0.25, 0.3) is 11.1 Å². The van der Waals surface area contributed by atoms with Crippen LogP contribution in [0.4, 0.5) is 11.4 Å². The predicted molar refractivity (Wildman–Crippen MR) is 67.3 cm³/mol. The second-order valence-electron chi connectivity index (χ2n) is 3.60. The van der Waals surface area contributed by atoms with Gasteiger partial charge in [-0.1, -0.05) is 17.4 Å². The third-order valence-electron chi connectivity index (χ3n) is 2.48. The van der Waals surface area contributed by atoms with E-state index in [0.29, 0.717) is 0 Å². The molecule has 0 fully saturated rings. The summed E-state index contributed by atoms with van der Waals surface area (Å²) in [5.74, 6) is 0. The highest BCUT2D eigenvalue weighted by molar-refractivity contribution is 5.66. The Morgan fingerprint density at radius 1 is 1.00 bits per heavy atom. The molecule has 0 amide bonds. The van der Waals surface area contributed by atoms with Crippen LogP contribution in [-0.4, -0.2) is 4.92 Å². The van der Waals surface area contributed by atoms with Gasteiger partial charge in [0.2, 0.25) is 0 Å². The zero-order valence-electron chi connectivity index (χ0n) is 9.33. The van der Waals surface area contributed by atoms with Crippen LogP contribution < -0.4 is 5.43 Å². The molecule has 2 aromatic carbocycles. The van der Waals surface area contributed by atoms with Gasteiger partial charge >= 0.3 is 0 Å². The smallest absolute Gasteiger partial charge is 0.260 e. The molecule has 90 valence electrons. The molecule has 0 spiro atoms. The lowest BCUT2D eigenvalue weighted by atomic mass is 10.1. The molecule has 0 unspecified atom stereocenters. The zero-order valence-corrected chi connectivity index (χ0v) is 9.33. The SMILES string of the molecule is N=NNc1ccc(-c2ccc([N+](=O)[O-])cc2)cc1. The Hall–Kier alpha value is -2.76. The molecule has 0 aliphatic heterocycles. The molecule has 0 aliphatic carbocycles. The lowest BCUT2D eigenvalue weighted by Crippen LogP contribution is -1.88. The Kier molecular flexibility index (Phi) is 3.29. The van der Waals surface area contributed by atoms with Gasteiger partial charge in [-0.2, -0.15) is 5.53 Å². The fourth-order valence-electron chi connectivity index (χ4n) is 1.58. The van der Waals surface area contributed by atoms with Gasteiger partial charge in [-0.15, -0.1) is 0 Å². The summed E-state index contributed by atoms with van der Waals surface area (Å²) in [5, 5.41) is 13.6. The Morgan fingerprint density at radius 3 is 1.94 bits per heavy atom. The molecule has 0 radical (unpaired) electrons. The van der Waals surface area contributed by atoms with Crippen LogP contribution in [0.1, 0.15) is 0 Å². The molecule has 0 atom stereocenters. The number of benzene rings is 2. The largest absolute Gasteiger partial charge is 0.269 e. The van der Waals surface area contributed by atoms with E-state index in [1.807, 2.05) is 12.1 Å². The summed E-state index contributed by atoms with van der Waals surface area (Å²) >= 11 is 0. The molecule has 2 N–H and O–H groups in total. The molecule has 0 saturated carbocycles. The van der Waals surface area contributed by atoms with Crippen LogP contribution in [0.3, 0.4) is 0 Å². The minimum absolute atomic E-state index is 0.0741. The molecule has 6 heteroatoms. The van der Waals surface area contributed by atoms with Crippen molar-refractivity contribution in [2.45, 2.75) is 0 Å². The Balaban J connectivity index is 2.25. The standard InChI is InChI=1S/C12H10N4O2/c13-15-14-11-5-1-9(2-6-11)10-3-7-12(8-4-10)16(17)18/h1-8H,(H2,13,14). The molecule has 18 heavy (non-hydrogen) atoms. The van der Waals surface area contributed by atoms with Gasteiger partial charge in [-0.25, -0.2) is 0 Å². The van der Waals surface area contributed by atoms with Gasteiger partial charge in [0.25, 0.3) is 5.69 Å². The summed E-state index contributed by atoms with van der Waals surface area (Å²) < 4.78 is 0. The van der Waals surface area contributed by atoms with Crippen LogP contribution >= 0.6 is 0 Å². The molecule has 6 nitrogen and oxygen atoms in total. The summed E-state index contributed by atoms with van der Waals surface area (Å²) in [6.45, 7) is 0. The van der Waals surface area contributed by atoms with E-state index in [2.05, 4.69) is 10.6 Å². The third-order valence-corrected chi connectivity index (χ3v) is 2.48. The maximum atomic E-state index is 10.5. The van der Waals surface area contributed by atoms with E-state index in [9.17, 15) is 10.1 Å². The quantitative estimate of drug-likeness (QED) is 0.487. The fraction of sp³-hybridized carbons (Fsp3) is 0. The summed E-state index contributed by atoms with van der Waals surface area (Å²) in [6.07, 6.45) is 0. The van der Waals surface area contributed by atoms with Crippen molar-refractivity contribution in [3.8, 4) is 11.1 Å². The topological polar surface area (TPSA) is 91.4 Å². The molecule has 0 aromatic heterocycles. The first-order valence-electron chi connectivity index (χ1n) is 5.18. The summed E-state index contributed by atoms with van der Waals surface area (Å²) in [5.41, 5.74) is 11.8. The minimum atomic E-state index is -0.424. The highest BCUT2D eigenvalue weighted by atomic mass is 16.6. The zero-order chi connectivity index (χ0) is 13.0. The lowest BCUT2D eigenvalue weighted by molar-refractivity contribution is -0.384. The Labute approximate surface area is 103 Å². The number of nitro groups is 1. The number of nitrogens with one attached hydrogen (secondary N) is 2. The number of hydrogen-bond acceptors (Lipinski definition) is 4. The summed E-state index contributed by atoms with van der Waals surface area (Å²) in [7, 11) is 0. The summed E-state index contributed by atoms with van der Waals surface area (Å²) in [6, 6.07) is 13.6. The van der Waals surface area contributed by atoms with Gasteiger partial charge in [0, 0.05) is 12.1 Å². The first-order valence-corrected chi connectivity index (χ1v) is 5.18. The molecular formula is C12H10N4O2. The van der Waals surface area contributed by atoms with E-state index in [1.165, 1.54) is 12.1 Å². The molecule has 2 aromatic rings. The molecule has 0 saturated heterocycles. The maximum Gasteiger partial charge on any atom is 0.269 e. The number of nitro benzene ring substituents is 1. The second-order valence-corrected chi connectivity index (χ2v) is 3.60. The Bertz CT molecular complexity index is 564. The van der Waals surface area contributed by atoms with Crippen LogP contribution in [0, 0.1) is 15.6 Å². The van der Waals surface area contributed by atoms with Gasteiger partial charge < -0.3 is 0 Å². The van der Waals surface area contributed by atoms with Gasteiger partial charge in [-0.05, 0) is 35.4 Å². The monoisotopic (exact) mass is 242 g/mol. The van der Waals surface area contributed by atoms with E-state index in [4.69, 9.17) is 5.53 Å². The molecule has 2 rings (SSSR count).